The highest BCUT2D eigenvalue weighted by Crippen LogP contribution is 2.15. The fraction of sp³-hybridized carbons (Fsp3) is 0.583. The van der Waals surface area contributed by atoms with Crippen LogP contribution in [0.2, 0.25) is 0 Å². The third kappa shape index (κ3) is 3.31. The SMILES string of the molecule is COCc1nc(C)cc(NC2CN(C(=O)OC)C2)n1. The first-order valence-electron chi connectivity index (χ1n) is 6.05. The molecule has 0 saturated carbocycles. The van der Waals surface area contributed by atoms with Crippen LogP contribution in [-0.4, -0.2) is 54.3 Å². The Hall–Kier alpha value is -1.89. The smallest absolute Gasteiger partial charge is 0.409 e. The summed E-state index contributed by atoms with van der Waals surface area (Å²) in [5.41, 5.74) is 0.883. The van der Waals surface area contributed by atoms with Crippen LogP contribution in [0.3, 0.4) is 0 Å². The fourth-order valence-corrected chi connectivity index (χ4v) is 1.95. The third-order valence-corrected chi connectivity index (χ3v) is 2.84. The zero-order valence-electron chi connectivity index (χ0n) is 11.3. The summed E-state index contributed by atoms with van der Waals surface area (Å²) >= 11 is 0. The molecule has 7 heteroatoms. The molecule has 0 spiro atoms. The third-order valence-electron chi connectivity index (χ3n) is 2.84. The molecule has 1 amide bonds. The summed E-state index contributed by atoms with van der Waals surface area (Å²) in [5, 5.41) is 3.27. The van der Waals surface area contributed by atoms with Gasteiger partial charge >= 0.3 is 6.09 Å². The number of hydrogen-bond acceptors (Lipinski definition) is 6. The van der Waals surface area contributed by atoms with Crippen molar-refractivity contribution in [1.82, 2.24) is 14.9 Å². The number of rotatable bonds is 4. The number of hydrogen-bond donors (Lipinski definition) is 1. The lowest BCUT2D eigenvalue weighted by atomic mass is 10.1. The normalized spacial score (nSPS) is 15.0. The second-order valence-corrected chi connectivity index (χ2v) is 4.46. The van der Waals surface area contributed by atoms with E-state index in [1.165, 1.54) is 7.11 Å². The minimum Gasteiger partial charge on any atom is -0.453 e. The highest BCUT2D eigenvalue weighted by Gasteiger charge is 2.31. The van der Waals surface area contributed by atoms with Crippen LogP contribution in [0.25, 0.3) is 0 Å². The summed E-state index contributed by atoms with van der Waals surface area (Å²) in [4.78, 5) is 21.5. The van der Waals surface area contributed by atoms with E-state index in [1.807, 2.05) is 13.0 Å². The molecule has 1 aromatic rings. The molecule has 0 aliphatic carbocycles. The Kier molecular flexibility index (Phi) is 4.16. The quantitative estimate of drug-likeness (QED) is 0.868. The zero-order valence-corrected chi connectivity index (χ0v) is 11.3. The van der Waals surface area contributed by atoms with Crippen molar-refractivity contribution in [2.24, 2.45) is 0 Å². The molecule has 1 aliphatic rings. The van der Waals surface area contributed by atoms with E-state index in [4.69, 9.17) is 4.74 Å². The van der Waals surface area contributed by atoms with Crippen LogP contribution in [0.4, 0.5) is 10.6 Å². The molecule has 1 saturated heterocycles. The maximum atomic E-state index is 11.2. The highest BCUT2D eigenvalue weighted by molar-refractivity contribution is 5.69. The van der Waals surface area contributed by atoms with Crippen LogP contribution >= 0.6 is 0 Å². The molecule has 1 N–H and O–H groups in total. The van der Waals surface area contributed by atoms with Crippen LogP contribution in [0, 0.1) is 6.92 Å². The number of carbonyl (C=O) groups is 1. The summed E-state index contributed by atoms with van der Waals surface area (Å²) in [6.45, 7) is 3.54. The van der Waals surface area contributed by atoms with Gasteiger partial charge in [0.2, 0.25) is 0 Å². The van der Waals surface area contributed by atoms with Gasteiger partial charge in [-0.15, -0.1) is 0 Å². The Balaban J connectivity index is 1.92. The minimum atomic E-state index is -0.294. The Bertz CT molecular complexity index is 460. The van der Waals surface area contributed by atoms with E-state index in [1.54, 1.807) is 12.0 Å². The Labute approximate surface area is 111 Å². The lowest BCUT2D eigenvalue weighted by Crippen LogP contribution is -2.57. The van der Waals surface area contributed by atoms with E-state index in [2.05, 4.69) is 20.0 Å². The highest BCUT2D eigenvalue weighted by atomic mass is 16.5. The minimum absolute atomic E-state index is 0.198. The molecular weight excluding hydrogens is 248 g/mol. The number of nitrogens with zero attached hydrogens (tertiary/aromatic N) is 3. The van der Waals surface area contributed by atoms with Crippen LogP contribution in [0.5, 0.6) is 0 Å². The van der Waals surface area contributed by atoms with Gasteiger partial charge in [-0.05, 0) is 6.92 Å². The molecule has 0 radical (unpaired) electrons. The van der Waals surface area contributed by atoms with Gasteiger partial charge in [0.05, 0.1) is 13.2 Å². The second-order valence-electron chi connectivity index (χ2n) is 4.46. The van der Waals surface area contributed by atoms with E-state index in [-0.39, 0.29) is 12.1 Å². The van der Waals surface area contributed by atoms with Crippen LogP contribution in [0.15, 0.2) is 6.07 Å². The summed E-state index contributed by atoms with van der Waals surface area (Å²) in [6.07, 6.45) is -0.294. The van der Waals surface area contributed by atoms with E-state index in [9.17, 15) is 4.79 Å². The van der Waals surface area contributed by atoms with Crippen LogP contribution in [-0.2, 0) is 16.1 Å². The van der Waals surface area contributed by atoms with Gasteiger partial charge in [-0.3, -0.25) is 0 Å². The number of methoxy groups -OCH3 is 2. The number of aromatic nitrogens is 2. The number of nitrogens with one attached hydrogen (secondary N) is 1. The van der Waals surface area contributed by atoms with Gasteiger partial charge < -0.3 is 19.7 Å². The molecule has 7 nitrogen and oxygen atoms in total. The number of aryl methyl sites for hydroxylation is 1. The van der Waals surface area contributed by atoms with Crippen molar-refractivity contribution in [2.45, 2.75) is 19.6 Å². The first-order chi connectivity index (χ1) is 9.12. The van der Waals surface area contributed by atoms with Gasteiger partial charge in [-0.2, -0.15) is 0 Å². The number of anilines is 1. The standard InChI is InChI=1S/C12H18N4O3/c1-8-4-10(15-11(13-8)7-18-2)14-9-5-16(6-9)12(17)19-3/h4,9H,5-7H2,1-3H3,(H,13,14,15). The molecule has 19 heavy (non-hydrogen) atoms. The molecule has 1 fully saturated rings. The van der Waals surface area contributed by atoms with Crippen molar-refractivity contribution in [3.05, 3.63) is 17.6 Å². The van der Waals surface area contributed by atoms with E-state index < -0.39 is 0 Å². The van der Waals surface area contributed by atoms with Crippen molar-refractivity contribution in [3.8, 4) is 0 Å². The topological polar surface area (TPSA) is 76.6 Å². The van der Waals surface area contributed by atoms with E-state index in [0.29, 0.717) is 25.5 Å². The average Bonchev–Trinajstić information content (AvgIpc) is 2.32. The van der Waals surface area contributed by atoms with Gasteiger partial charge in [0.1, 0.15) is 12.4 Å². The molecule has 2 heterocycles. The van der Waals surface area contributed by atoms with Crippen molar-refractivity contribution in [3.63, 3.8) is 0 Å². The Morgan fingerprint density at radius 2 is 2.21 bits per heavy atom. The van der Waals surface area contributed by atoms with Crippen molar-refractivity contribution >= 4 is 11.9 Å². The molecule has 1 aromatic heterocycles. The summed E-state index contributed by atoms with van der Waals surface area (Å²) in [6, 6.07) is 2.07. The van der Waals surface area contributed by atoms with Gasteiger partial charge in [0.15, 0.2) is 5.82 Å². The largest absolute Gasteiger partial charge is 0.453 e. The lowest BCUT2D eigenvalue weighted by Gasteiger charge is -2.38. The average molecular weight is 266 g/mol. The molecule has 104 valence electrons. The van der Waals surface area contributed by atoms with Gasteiger partial charge in [0.25, 0.3) is 0 Å². The summed E-state index contributed by atoms with van der Waals surface area (Å²) in [7, 11) is 2.99. The second kappa shape index (κ2) is 5.83. The molecular formula is C12H18N4O3. The first kappa shape index (κ1) is 13.5. The lowest BCUT2D eigenvalue weighted by molar-refractivity contribution is 0.0929. The number of likely N-dealkylation sites (tertiary alicyclic amines) is 1. The monoisotopic (exact) mass is 266 g/mol. The molecule has 0 aromatic carbocycles. The van der Waals surface area contributed by atoms with Gasteiger partial charge in [-0.25, -0.2) is 14.8 Å². The van der Waals surface area contributed by atoms with E-state index >= 15 is 0 Å². The van der Waals surface area contributed by atoms with Crippen molar-refractivity contribution in [2.75, 3.05) is 32.6 Å². The van der Waals surface area contributed by atoms with Crippen LogP contribution < -0.4 is 5.32 Å². The molecule has 1 aliphatic heterocycles. The summed E-state index contributed by atoms with van der Waals surface area (Å²) in [5.74, 6) is 1.41. The Morgan fingerprint density at radius 3 is 2.84 bits per heavy atom. The predicted molar refractivity (Wildman–Crippen MR) is 68.9 cm³/mol. The fourth-order valence-electron chi connectivity index (χ4n) is 1.95. The Morgan fingerprint density at radius 1 is 1.47 bits per heavy atom. The number of amides is 1. The molecule has 0 atom stereocenters. The van der Waals surface area contributed by atoms with Gasteiger partial charge in [0, 0.05) is 32.0 Å². The number of ether oxygens (including phenoxy) is 2. The summed E-state index contributed by atoms with van der Waals surface area (Å²) < 4.78 is 9.66. The maximum Gasteiger partial charge on any atom is 0.409 e. The van der Waals surface area contributed by atoms with Gasteiger partial charge in [-0.1, -0.05) is 0 Å². The first-order valence-corrected chi connectivity index (χ1v) is 6.05. The van der Waals surface area contributed by atoms with E-state index in [0.717, 1.165) is 11.5 Å². The zero-order chi connectivity index (χ0) is 13.8. The maximum absolute atomic E-state index is 11.2. The van der Waals surface area contributed by atoms with Crippen LogP contribution in [0.1, 0.15) is 11.5 Å². The predicted octanol–water partition coefficient (Wildman–Crippen LogP) is 0.794. The van der Waals surface area contributed by atoms with Crippen molar-refractivity contribution in [1.29, 1.82) is 0 Å². The molecule has 0 unspecified atom stereocenters. The van der Waals surface area contributed by atoms with Crippen molar-refractivity contribution < 1.29 is 14.3 Å². The molecule has 0 bridgehead atoms. The number of carbonyl (C=O) groups excluding carboxylic acids is 1. The molecule has 2 rings (SSSR count).